The van der Waals surface area contributed by atoms with Crippen LogP contribution in [0.2, 0.25) is 0 Å². The van der Waals surface area contributed by atoms with Crippen molar-refractivity contribution in [2.24, 2.45) is 11.1 Å². The molecule has 0 radical (unpaired) electrons. The highest BCUT2D eigenvalue weighted by Crippen LogP contribution is 2.02. The molecule has 60 valence electrons. The van der Waals surface area contributed by atoms with Crippen LogP contribution >= 0.6 is 0 Å². The van der Waals surface area contributed by atoms with Crippen molar-refractivity contribution < 1.29 is 5.11 Å². The molecular formula is C6H15N3O. The van der Waals surface area contributed by atoms with Gasteiger partial charge in [0.2, 0.25) is 0 Å². The summed E-state index contributed by atoms with van der Waals surface area (Å²) < 4.78 is 0. The van der Waals surface area contributed by atoms with Crippen LogP contribution in [-0.4, -0.2) is 30.3 Å². The molecule has 0 rings (SSSR count). The number of hydrogen-bond acceptors (Lipinski definition) is 3. The van der Waals surface area contributed by atoms with Crippen LogP contribution in [0.1, 0.15) is 13.3 Å². The average molecular weight is 145 g/mol. The van der Waals surface area contributed by atoms with E-state index in [1.54, 1.807) is 7.05 Å². The maximum Gasteiger partial charge on any atom is 0.0476 e. The monoisotopic (exact) mass is 145 g/mol. The predicted octanol–water partition coefficient (Wildman–Crippen LogP) is 0.883. The Balaban J connectivity index is 3.51. The third-order valence-electron chi connectivity index (χ3n) is 1.53. The van der Waals surface area contributed by atoms with Crippen molar-refractivity contribution in [1.29, 1.82) is 5.53 Å². The van der Waals surface area contributed by atoms with Crippen LogP contribution in [-0.2, 0) is 0 Å². The van der Waals surface area contributed by atoms with E-state index in [1.807, 2.05) is 6.92 Å². The Hall–Kier alpha value is -0.640. The molecule has 0 saturated carbocycles. The molecule has 0 aromatic carbocycles. The summed E-state index contributed by atoms with van der Waals surface area (Å²) in [5.41, 5.74) is 6.62. The lowest BCUT2D eigenvalue weighted by atomic mass is 10.1. The lowest BCUT2D eigenvalue weighted by Crippen LogP contribution is -2.22. The van der Waals surface area contributed by atoms with Gasteiger partial charge in [-0.2, -0.15) is 5.53 Å². The minimum atomic E-state index is 0.177. The first-order valence-electron chi connectivity index (χ1n) is 3.44. The van der Waals surface area contributed by atoms with Gasteiger partial charge in [0.1, 0.15) is 0 Å². The van der Waals surface area contributed by atoms with Crippen molar-refractivity contribution in [3.05, 3.63) is 0 Å². The maximum absolute atomic E-state index is 8.74. The van der Waals surface area contributed by atoms with E-state index in [0.717, 1.165) is 6.42 Å². The van der Waals surface area contributed by atoms with Crippen molar-refractivity contribution in [3.63, 3.8) is 0 Å². The highest BCUT2D eigenvalue weighted by Gasteiger charge is 2.05. The van der Waals surface area contributed by atoms with Gasteiger partial charge >= 0.3 is 0 Å². The maximum atomic E-state index is 8.74. The molecule has 0 heterocycles. The number of nitrogens with zero attached hydrogens (tertiary/aromatic N) is 2. The summed E-state index contributed by atoms with van der Waals surface area (Å²) in [4.78, 5) is 0. The Kier molecular flexibility index (Phi) is 4.84. The highest BCUT2D eigenvalue weighted by atomic mass is 16.3. The van der Waals surface area contributed by atoms with Crippen molar-refractivity contribution in [2.45, 2.75) is 13.3 Å². The van der Waals surface area contributed by atoms with Gasteiger partial charge in [-0.05, 0) is 6.42 Å². The van der Waals surface area contributed by atoms with Crippen molar-refractivity contribution in [2.75, 3.05) is 20.2 Å². The molecule has 0 amide bonds. The number of hydrogen-bond donors (Lipinski definition) is 2. The van der Waals surface area contributed by atoms with Gasteiger partial charge in [0.15, 0.2) is 0 Å². The van der Waals surface area contributed by atoms with E-state index >= 15 is 0 Å². The van der Waals surface area contributed by atoms with Gasteiger partial charge in [0, 0.05) is 26.1 Å². The minimum absolute atomic E-state index is 0.177. The number of aliphatic hydroxyl groups is 1. The first-order chi connectivity index (χ1) is 4.74. The van der Waals surface area contributed by atoms with Crippen LogP contribution in [0.25, 0.3) is 0 Å². The van der Waals surface area contributed by atoms with Crippen LogP contribution < -0.4 is 0 Å². The Morgan fingerprint density at radius 1 is 1.70 bits per heavy atom. The molecule has 4 heteroatoms. The SMILES string of the molecule is CCC(CO)CN(C)N=N. The van der Waals surface area contributed by atoms with E-state index in [4.69, 9.17) is 10.6 Å². The normalized spacial score (nSPS) is 12.7. The fourth-order valence-electron chi connectivity index (χ4n) is 0.730. The van der Waals surface area contributed by atoms with Gasteiger partial charge in [-0.3, -0.25) is 5.01 Å². The zero-order chi connectivity index (χ0) is 7.98. The molecule has 0 aliphatic carbocycles. The number of aliphatic hydroxyl groups excluding tert-OH is 1. The second-order valence-electron chi connectivity index (χ2n) is 2.40. The molecule has 0 bridgehead atoms. The zero-order valence-electron chi connectivity index (χ0n) is 6.54. The topological polar surface area (TPSA) is 59.7 Å². The van der Waals surface area contributed by atoms with Crippen LogP contribution in [0, 0.1) is 11.4 Å². The quantitative estimate of drug-likeness (QED) is 0.445. The van der Waals surface area contributed by atoms with E-state index < -0.39 is 0 Å². The minimum Gasteiger partial charge on any atom is -0.396 e. The van der Waals surface area contributed by atoms with Crippen molar-refractivity contribution in [3.8, 4) is 0 Å². The molecule has 0 saturated heterocycles. The zero-order valence-corrected chi connectivity index (χ0v) is 6.54. The molecule has 0 fully saturated rings. The van der Waals surface area contributed by atoms with E-state index in [1.165, 1.54) is 5.01 Å². The summed E-state index contributed by atoms with van der Waals surface area (Å²) in [6.45, 7) is 2.85. The van der Waals surface area contributed by atoms with Crippen LogP contribution in [0.15, 0.2) is 5.22 Å². The Labute approximate surface area is 61.3 Å². The fourth-order valence-corrected chi connectivity index (χ4v) is 0.730. The first-order valence-corrected chi connectivity index (χ1v) is 3.44. The summed E-state index contributed by atoms with van der Waals surface area (Å²) in [7, 11) is 1.73. The summed E-state index contributed by atoms with van der Waals surface area (Å²) >= 11 is 0. The molecule has 2 N–H and O–H groups in total. The Morgan fingerprint density at radius 2 is 2.30 bits per heavy atom. The molecule has 1 atom stereocenters. The van der Waals surface area contributed by atoms with E-state index in [0.29, 0.717) is 6.54 Å². The summed E-state index contributed by atoms with van der Waals surface area (Å²) in [6, 6.07) is 0. The first kappa shape index (κ1) is 9.36. The fraction of sp³-hybridized carbons (Fsp3) is 1.00. The van der Waals surface area contributed by atoms with Crippen LogP contribution in [0.4, 0.5) is 0 Å². The molecule has 0 aromatic rings. The molecule has 4 nitrogen and oxygen atoms in total. The molecule has 10 heavy (non-hydrogen) atoms. The van der Waals surface area contributed by atoms with Gasteiger partial charge in [-0.15, -0.1) is 0 Å². The van der Waals surface area contributed by atoms with Crippen LogP contribution in [0.5, 0.6) is 0 Å². The summed E-state index contributed by atoms with van der Waals surface area (Å²) in [6.07, 6.45) is 0.927. The summed E-state index contributed by atoms with van der Waals surface area (Å²) in [5.74, 6) is 0.249. The van der Waals surface area contributed by atoms with Gasteiger partial charge in [0.25, 0.3) is 0 Å². The van der Waals surface area contributed by atoms with Crippen molar-refractivity contribution in [1.82, 2.24) is 5.01 Å². The largest absolute Gasteiger partial charge is 0.396 e. The number of nitrogens with one attached hydrogen (secondary N) is 1. The second kappa shape index (κ2) is 5.17. The average Bonchev–Trinajstić information content (AvgIpc) is 1.99. The van der Waals surface area contributed by atoms with E-state index in [2.05, 4.69) is 5.22 Å². The highest BCUT2D eigenvalue weighted by molar-refractivity contribution is 4.56. The van der Waals surface area contributed by atoms with Gasteiger partial charge < -0.3 is 5.11 Å². The molecule has 0 aliphatic rings. The molecule has 1 unspecified atom stereocenters. The molecular weight excluding hydrogens is 130 g/mol. The second-order valence-corrected chi connectivity index (χ2v) is 2.40. The van der Waals surface area contributed by atoms with E-state index in [-0.39, 0.29) is 12.5 Å². The lowest BCUT2D eigenvalue weighted by molar-refractivity contribution is 0.172. The molecule has 0 spiro atoms. The smallest absolute Gasteiger partial charge is 0.0476 e. The standard InChI is InChI=1S/C6H15N3O/c1-3-6(5-10)4-9(2)8-7/h6-7,10H,3-5H2,1-2H3. The third-order valence-corrected chi connectivity index (χ3v) is 1.53. The summed E-state index contributed by atoms with van der Waals surface area (Å²) in [5, 5.41) is 13.5. The van der Waals surface area contributed by atoms with Gasteiger partial charge in [-0.25, -0.2) is 0 Å². The Bertz CT molecular complexity index is 93.0. The van der Waals surface area contributed by atoms with Gasteiger partial charge in [0.05, 0.1) is 0 Å². The van der Waals surface area contributed by atoms with E-state index in [9.17, 15) is 0 Å². The predicted molar refractivity (Wildman–Crippen MR) is 38.6 cm³/mol. The van der Waals surface area contributed by atoms with Crippen molar-refractivity contribution >= 4 is 0 Å². The third kappa shape index (κ3) is 3.40. The molecule has 0 aromatic heterocycles. The number of rotatable bonds is 5. The molecule has 0 aliphatic heterocycles. The lowest BCUT2D eigenvalue weighted by Gasteiger charge is -2.16. The van der Waals surface area contributed by atoms with Gasteiger partial charge in [-0.1, -0.05) is 12.1 Å². The van der Waals surface area contributed by atoms with Crippen LogP contribution in [0.3, 0.4) is 0 Å². The Morgan fingerprint density at radius 3 is 2.60 bits per heavy atom.